The fourth-order valence-corrected chi connectivity index (χ4v) is 3.23. The predicted octanol–water partition coefficient (Wildman–Crippen LogP) is 2.48. The Morgan fingerprint density at radius 3 is 2.75 bits per heavy atom. The lowest BCUT2D eigenvalue weighted by Gasteiger charge is -2.17. The molecule has 8 heteroatoms. The Bertz CT molecular complexity index is 717. The number of sulfonamides is 1. The first-order valence-electron chi connectivity index (χ1n) is 5.54. The molecule has 0 amide bonds. The van der Waals surface area contributed by atoms with Crippen LogP contribution in [0.4, 0.5) is 10.1 Å². The summed E-state index contributed by atoms with van der Waals surface area (Å²) in [5.74, 6) is -1.01. The zero-order valence-electron chi connectivity index (χ0n) is 10.5. The first-order valence-corrected chi connectivity index (χ1v) is 7.36. The monoisotopic (exact) mass is 318 g/mol. The van der Waals surface area contributed by atoms with Gasteiger partial charge in [-0.2, -0.15) is 4.31 Å². The minimum atomic E-state index is -4.04. The average molecular weight is 319 g/mol. The molecule has 5 nitrogen and oxygen atoms in total. The summed E-state index contributed by atoms with van der Waals surface area (Å²) >= 11 is 5.73. The van der Waals surface area contributed by atoms with Crippen molar-refractivity contribution >= 4 is 27.3 Å². The highest BCUT2D eigenvalue weighted by Crippen LogP contribution is 2.27. The lowest BCUT2D eigenvalue weighted by molar-refractivity contribution is 0.457. The quantitative estimate of drug-likeness (QED) is 0.879. The molecule has 0 bridgehead atoms. The van der Waals surface area contributed by atoms with E-state index < -0.39 is 20.7 Å². The van der Waals surface area contributed by atoms with Crippen LogP contribution in [0.25, 0.3) is 0 Å². The van der Waals surface area contributed by atoms with Gasteiger partial charge < -0.3 is 10.2 Å². The first kappa shape index (κ1) is 14.8. The number of halogens is 2. The summed E-state index contributed by atoms with van der Waals surface area (Å²) in [6.07, 6.45) is 2.84. The Morgan fingerprint density at radius 2 is 2.15 bits per heavy atom. The Balaban J connectivity index is 2.40. The lowest BCUT2D eigenvalue weighted by Crippen LogP contribution is -2.27. The number of anilines is 1. The molecule has 0 aliphatic heterocycles. The van der Waals surface area contributed by atoms with Crippen LogP contribution < -0.4 is 5.73 Å². The molecule has 1 heterocycles. The molecule has 0 unspecified atom stereocenters. The van der Waals surface area contributed by atoms with Gasteiger partial charge in [0.2, 0.25) is 10.0 Å². The zero-order valence-corrected chi connectivity index (χ0v) is 12.1. The molecule has 0 aliphatic carbocycles. The minimum Gasteiger partial charge on any atom is -0.472 e. The van der Waals surface area contributed by atoms with Crippen molar-refractivity contribution in [3.05, 3.63) is 47.1 Å². The summed E-state index contributed by atoms with van der Waals surface area (Å²) in [4.78, 5) is -0.548. The van der Waals surface area contributed by atoms with E-state index in [0.29, 0.717) is 5.56 Å². The van der Waals surface area contributed by atoms with E-state index in [0.717, 1.165) is 16.4 Å². The van der Waals surface area contributed by atoms with Gasteiger partial charge in [0.05, 0.1) is 18.2 Å². The average Bonchev–Trinajstić information content (AvgIpc) is 2.86. The van der Waals surface area contributed by atoms with E-state index in [9.17, 15) is 12.8 Å². The van der Waals surface area contributed by atoms with Gasteiger partial charge in [0.15, 0.2) is 5.82 Å². The largest absolute Gasteiger partial charge is 0.472 e. The van der Waals surface area contributed by atoms with Gasteiger partial charge in [-0.15, -0.1) is 0 Å². The number of nitrogens with two attached hydrogens (primary N) is 1. The molecule has 0 atom stereocenters. The third-order valence-electron chi connectivity index (χ3n) is 2.71. The molecule has 20 heavy (non-hydrogen) atoms. The highest BCUT2D eigenvalue weighted by molar-refractivity contribution is 7.89. The number of nitrogen functional groups attached to an aromatic ring is 1. The fourth-order valence-electron chi connectivity index (χ4n) is 1.66. The Hall–Kier alpha value is -1.57. The molecule has 2 N–H and O–H groups in total. The maximum Gasteiger partial charge on any atom is 0.246 e. The Morgan fingerprint density at radius 1 is 1.45 bits per heavy atom. The van der Waals surface area contributed by atoms with Crippen molar-refractivity contribution in [3.8, 4) is 0 Å². The van der Waals surface area contributed by atoms with Crippen molar-refractivity contribution in [1.82, 2.24) is 4.31 Å². The van der Waals surface area contributed by atoms with Crippen LogP contribution >= 0.6 is 11.6 Å². The van der Waals surface area contributed by atoms with E-state index in [1.165, 1.54) is 19.6 Å². The maximum absolute atomic E-state index is 13.9. The number of nitrogens with zero attached hydrogens (tertiary/aromatic N) is 1. The molecule has 0 saturated carbocycles. The molecule has 0 spiro atoms. The van der Waals surface area contributed by atoms with Crippen molar-refractivity contribution in [2.75, 3.05) is 12.8 Å². The second-order valence-electron chi connectivity index (χ2n) is 4.20. The van der Waals surface area contributed by atoms with E-state index in [1.54, 1.807) is 6.07 Å². The molecule has 2 aromatic rings. The van der Waals surface area contributed by atoms with E-state index >= 15 is 0 Å². The molecular weight excluding hydrogens is 307 g/mol. The maximum atomic E-state index is 13.9. The van der Waals surface area contributed by atoms with Crippen molar-refractivity contribution < 1.29 is 17.2 Å². The molecule has 108 valence electrons. The molecule has 2 rings (SSSR count). The van der Waals surface area contributed by atoms with Gasteiger partial charge in [0, 0.05) is 24.2 Å². The van der Waals surface area contributed by atoms with E-state index in [-0.39, 0.29) is 17.3 Å². The van der Waals surface area contributed by atoms with Gasteiger partial charge >= 0.3 is 0 Å². The van der Waals surface area contributed by atoms with Crippen LogP contribution in [0.3, 0.4) is 0 Å². The number of furan rings is 1. The summed E-state index contributed by atoms with van der Waals surface area (Å²) in [5, 5.41) is 0.0548. The van der Waals surface area contributed by atoms with Gasteiger partial charge in [-0.05, 0) is 18.2 Å². The van der Waals surface area contributed by atoms with Crippen molar-refractivity contribution in [2.45, 2.75) is 11.4 Å². The highest BCUT2D eigenvalue weighted by Gasteiger charge is 2.26. The van der Waals surface area contributed by atoms with Crippen LogP contribution in [0, 0.1) is 5.82 Å². The first-order chi connectivity index (χ1) is 9.32. The summed E-state index contributed by atoms with van der Waals surface area (Å²) in [6.45, 7) is 0.0463. The van der Waals surface area contributed by atoms with Crippen molar-refractivity contribution in [1.29, 1.82) is 0 Å². The van der Waals surface area contributed by atoms with E-state index in [2.05, 4.69) is 0 Å². The van der Waals surface area contributed by atoms with Gasteiger partial charge in [-0.1, -0.05) is 11.6 Å². The smallest absolute Gasteiger partial charge is 0.246 e. The second-order valence-corrected chi connectivity index (χ2v) is 6.65. The molecule has 0 aliphatic rings. The number of hydrogen-bond donors (Lipinski definition) is 1. The van der Waals surface area contributed by atoms with Crippen molar-refractivity contribution in [3.63, 3.8) is 0 Å². The predicted molar refractivity (Wildman–Crippen MR) is 73.2 cm³/mol. The van der Waals surface area contributed by atoms with Crippen LogP contribution in [0.15, 0.2) is 40.0 Å². The SMILES string of the molecule is CN(Cc1ccoc1)S(=O)(=O)c1cc(Cl)cc(N)c1F. The Kier molecular flexibility index (Phi) is 4.03. The number of benzene rings is 1. The topological polar surface area (TPSA) is 76.5 Å². The minimum absolute atomic E-state index is 0.0463. The van der Waals surface area contributed by atoms with Gasteiger partial charge in [0.1, 0.15) is 4.90 Å². The normalized spacial score (nSPS) is 12.0. The van der Waals surface area contributed by atoms with Crippen LogP contribution in [0.5, 0.6) is 0 Å². The molecule has 0 saturated heterocycles. The molecule has 1 aromatic heterocycles. The summed E-state index contributed by atoms with van der Waals surface area (Å²) < 4.78 is 44.4. The third kappa shape index (κ3) is 2.79. The fraction of sp³-hybridized carbons (Fsp3) is 0.167. The van der Waals surface area contributed by atoms with Crippen molar-refractivity contribution in [2.24, 2.45) is 0 Å². The van der Waals surface area contributed by atoms with Gasteiger partial charge in [0.25, 0.3) is 0 Å². The number of rotatable bonds is 4. The van der Waals surface area contributed by atoms with Gasteiger partial charge in [-0.3, -0.25) is 0 Å². The van der Waals surface area contributed by atoms with Crippen LogP contribution in [0.2, 0.25) is 5.02 Å². The van der Waals surface area contributed by atoms with Crippen LogP contribution in [-0.4, -0.2) is 19.8 Å². The summed E-state index contributed by atoms with van der Waals surface area (Å²) in [7, 11) is -2.71. The number of hydrogen-bond acceptors (Lipinski definition) is 4. The van der Waals surface area contributed by atoms with E-state index in [4.69, 9.17) is 21.8 Å². The molecule has 1 aromatic carbocycles. The van der Waals surface area contributed by atoms with Crippen LogP contribution in [0.1, 0.15) is 5.56 Å². The highest BCUT2D eigenvalue weighted by atomic mass is 35.5. The van der Waals surface area contributed by atoms with Gasteiger partial charge in [-0.25, -0.2) is 12.8 Å². The second kappa shape index (κ2) is 5.43. The summed E-state index contributed by atoms with van der Waals surface area (Å²) in [6, 6.07) is 3.81. The lowest BCUT2D eigenvalue weighted by atomic mass is 10.3. The Labute approximate surface area is 120 Å². The third-order valence-corrected chi connectivity index (χ3v) is 4.73. The molecule has 0 fully saturated rings. The molecule has 0 radical (unpaired) electrons. The standard InChI is InChI=1S/C12H12ClFN2O3S/c1-16(6-8-2-3-19-7-8)20(17,18)11-5-9(13)4-10(15)12(11)14/h2-5,7H,6,15H2,1H3. The van der Waals surface area contributed by atoms with Crippen LogP contribution in [-0.2, 0) is 16.6 Å². The zero-order chi connectivity index (χ0) is 14.9. The summed E-state index contributed by atoms with van der Waals surface area (Å²) in [5.41, 5.74) is 5.73. The molecular formula is C12H12ClFN2O3S. The van der Waals surface area contributed by atoms with E-state index in [1.807, 2.05) is 0 Å².